The third-order valence-electron chi connectivity index (χ3n) is 1.84. The van der Waals surface area contributed by atoms with Crippen LogP contribution >= 0.6 is 0 Å². The average Bonchev–Trinajstić information content (AvgIpc) is 2.22. The first-order chi connectivity index (χ1) is 9.20. The van der Waals surface area contributed by atoms with Gasteiger partial charge in [0.2, 0.25) is 0 Å². The molecule has 20 heavy (non-hydrogen) atoms. The second-order valence-electron chi connectivity index (χ2n) is 3.68. The molecule has 10 heteroatoms. The Balaban J connectivity index is 4.80. The summed E-state index contributed by atoms with van der Waals surface area (Å²) < 4.78 is 0. The lowest BCUT2D eigenvalue weighted by Gasteiger charge is -2.19. The first-order valence-corrected chi connectivity index (χ1v) is 5.24. The summed E-state index contributed by atoms with van der Waals surface area (Å²) in [6.45, 7) is -2.46. The van der Waals surface area contributed by atoms with Crippen LogP contribution in [0.25, 0.3) is 0 Å². The summed E-state index contributed by atoms with van der Waals surface area (Å²) in [5.74, 6) is -5.12. The molecule has 4 N–H and O–H groups in total. The second kappa shape index (κ2) is 8.34. The van der Waals surface area contributed by atoms with Gasteiger partial charge in [-0.1, -0.05) is 0 Å². The Morgan fingerprint density at radius 2 is 0.800 bits per heavy atom. The summed E-state index contributed by atoms with van der Waals surface area (Å²) in [5.41, 5.74) is 0. The Hall–Kier alpha value is -2.78. The van der Waals surface area contributed by atoms with Crippen molar-refractivity contribution in [2.75, 3.05) is 26.2 Å². The molecule has 0 unspecified atom stereocenters. The van der Waals surface area contributed by atoms with Crippen LogP contribution in [0.15, 0.2) is 12.4 Å². The highest BCUT2D eigenvalue weighted by molar-refractivity contribution is 5.73. The van der Waals surface area contributed by atoms with Crippen LogP contribution in [0.1, 0.15) is 0 Å². The monoisotopic (exact) mass is 290 g/mol. The Labute approximate surface area is 113 Å². The predicted octanol–water partition coefficient (Wildman–Crippen LogP) is -1.60. The Kier molecular flexibility index (Phi) is 7.18. The molecule has 0 saturated carbocycles. The van der Waals surface area contributed by atoms with Crippen LogP contribution in [0.4, 0.5) is 0 Å². The zero-order valence-corrected chi connectivity index (χ0v) is 10.3. The molecule has 0 radical (unpaired) electrons. The summed E-state index contributed by atoms with van der Waals surface area (Å²) in [7, 11) is 0. The first kappa shape index (κ1) is 17.2. The van der Waals surface area contributed by atoms with E-state index in [1.54, 1.807) is 0 Å². The van der Waals surface area contributed by atoms with Crippen LogP contribution in [0.2, 0.25) is 0 Å². The van der Waals surface area contributed by atoms with Gasteiger partial charge in [-0.3, -0.25) is 19.2 Å². The molecule has 0 aromatic heterocycles. The largest absolute Gasteiger partial charge is 0.480 e. The smallest absolute Gasteiger partial charge is 0.323 e. The van der Waals surface area contributed by atoms with Crippen molar-refractivity contribution in [2.24, 2.45) is 0 Å². The molecule has 0 aromatic carbocycles. The maximum atomic E-state index is 10.5. The van der Waals surface area contributed by atoms with Crippen molar-refractivity contribution < 1.29 is 39.6 Å². The van der Waals surface area contributed by atoms with Gasteiger partial charge in [0, 0.05) is 12.4 Å². The van der Waals surface area contributed by atoms with Crippen molar-refractivity contribution in [2.45, 2.75) is 0 Å². The lowest BCUT2D eigenvalue weighted by atomic mass is 10.4. The first-order valence-electron chi connectivity index (χ1n) is 5.24. The number of rotatable bonds is 10. The molecule has 0 aliphatic rings. The van der Waals surface area contributed by atoms with Gasteiger partial charge in [-0.2, -0.15) is 0 Å². The van der Waals surface area contributed by atoms with E-state index in [1.165, 1.54) is 0 Å². The summed E-state index contributed by atoms with van der Waals surface area (Å²) in [6, 6.07) is 0. The fourth-order valence-corrected chi connectivity index (χ4v) is 1.21. The predicted molar refractivity (Wildman–Crippen MR) is 62.8 cm³/mol. The Morgan fingerprint density at radius 3 is 0.950 bits per heavy atom. The number of hydrogen-bond acceptors (Lipinski definition) is 6. The Morgan fingerprint density at radius 1 is 0.600 bits per heavy atom. The van der Waals surface area contributed by atoms with Crippen molar-refractivity contribution in [1.82, 2.24) is 9.80 Å². The van der Waals surface area contributed by atoms with Gasteiger partial charge >= 0.3 is 23.9 Å². The van der Waals surface area contributed by atoms with Gasteiger partial charge in [-0.15, -0.1) is 0 Å². The molecule has 0 aromatic rings. The molecular formula is C10H14N2O8. The maximum absolute atomic E-state index is 10.5. The van der Waals surface area contributed by atoms with E-state index in [0.717, 1.165) is 22.2 Å². The fourth-order valence-electron chi connectivity index (χ4n) is 1.21. The summed E-state index contributed by atoms with van der Waals surface area (Å²) in [4.78, 5) is 43.9. The van der Waals surface area contributed by atoms with Crippen LogP contribution in [-0.4, -0.2) is 80.3 Å². The number of aliphatic carboxylic acids is 4. The van der Waals surface area contributed by atoms with E-state index >= 15 is 0 Å². The summed E-state index contributed by atoms with van der Waals surface area (Å²) >= 11 is 0. The van der Waals surface area contributed by atoms with Gasteiger partial charge in [-0.25, -0.2) is 0 Å². The molecule has 0 amide bonds. The van der Waals surface area contributed by atoms with Gasteiger partial charge in [0.25, 0.3) is 0 Å². The van der Waals surface area contributed by atoms with Crippen LogP contribution in [0, 0.1) is 0 Å². The van der Waals surface area contributed by atoms with Crippen molar-refractivity contribution in [3.63, 3.8) is 0 Å². The molecule has 0 fully saturated rings. The number of carboxylic acid groups (broad SMARTS) is 4. The highest BCUT2D eigenvalue weighted by Gasteiger charge is 2.12. The molecular weight excluding hydrogens is 276 g/mol. The van der Waals surface area contributed by atoms with E-state index in [4.69, 9.17) is 20.4 Å². The van der Waals surface area contributed by atoms with Gasteiger partial charge in [0.1, 0.15) is 26.2 Å². The SMILES string of the molecule is O=C(O)CN(C=CN(CC(=O)O)CC(=O)O)CC(=O)O. The molecule has 10 nitrogen and oxygen atoms in total. The lowest BCUT2D eigenvalue weighted by Crippen LogP contribution is -2.33. The summed E-state index contributed by atoms with van der Waals surface area (Å²) in [5, 5.41) is 34.3. The number of hydrogen-bond donors (Lipinski definition) is 4. The zero-order chi connectivity index (χ0) is 15.7. The highest BCUT2D eigenvalue weighted by Crippen LogP contribution is 1.95. The Bertz CT molecular complexity index is 349. The molecule has 0 saturated heterocycles. The normalized spacial score (nSPS) is 10.2. The van der Waals surface area contributed by atoms with Crippen LogP contribution < -0.4 is 0 Å². The van der Waals surface area contributed by atoms with Crippen molar-refractivity contribution in [1.29, 1.82) is 0 Å². The van der Waals surface area contributed by atoms with E-state index in [9.17, 15) is 19.2 Å². The standard InChI is InChI=1S/C10H14N2O8/c13-7(14)3-11(4-8(15)16)1-2-12(5-9(17)18)6-10(19)20/h1-2H,3-6H2,(H,13,14)(H,15,16)(H,17,18)(H,19,20). The van der Waals surface area contributed by atoms with Gasteiger partial charge in [0.05, 0.1) is 0 Å². The molecule has 0 rings (SSSR count). The van der Waals surface area contributed by atoms with E-state index < -0.39 is 50.1 Å². The number of carboxylic acids is 4. The van der Waals surface area contributed by atoms with E-state index in [2.05, 4.69) is 0 Å². The highest BCUT2D eigenvalue weighted by atomic mass is 16.4. The van der Waals surface area contributed by atoms with Crippen molar-refractivity contribution in [3.05, 3.63) is 12.4 Å². The quantitative estimate of drug-likeness (QED) is 0.369. The summed E-state index contributed by atoms with van der Waals surface area (Å²) in [6.07, 6.45) is 2.04. The molecule has 0 bridgehead atoms. The van der Waals surface area contributed by atoms with Gasteiger partial charge in [-0.05, 0) is 0 Å². The van der Waals surface area contributed by atoms with Crippen LogP contribution in [-0.2, 0) is 19.2 Å². The third kappa shape index (κ3) is 9.27. The number of nitrogens with zero attached hydrogens (tertiary/aromatic N) is 2. The molecule has 0 atom stereocenters. The van der Waals surface area contributed by atoms with Gasteiger partial charge < -0.3 is 30.2 Å². The van der Waals surface area contributed by atoms with Crippen LogP contribution in [0.3, 0.4) is 0 Å². The number of carbonyl (C=O) groups is 4. The van der Waals surface area contributed by atoms with Crippen molar-refractivity contribution in [3.8, 4) is 0 Å². The second-order valence-corrected chi connectivity index (χ2v) is 3.68. The molecule has 0 aliphatic heterocycles. The van der Waals surface area contributed by atoms with E-state index in [0.29, 0.717) is 0 Å². The van der Waals surface area contributed by atoms with Crippen LogP contribution in [0.5, 0.6) is 0 Å². The van der Waals surface area contributed by atoms with Crippen molar-refractivity contribution >= 4 is 23.9 Å². The third-order valence-corrected chi connectivity index (χ3v) is 1.84. The van der Waals surface area contributed by atoms with Gasteiger partial charge in [0.15, 0.2) is 0 Å². The topological polar surface area (TPSA) is 156 Å². The zero-order valence-electron chi connectivity index (χ0n) is 10.3. The molecule has 0 heterocycles. The van der Waals surface area contributed by atoms with E-state index in [1.807, 2.05) is 0 Å². The fraction of sp³-hybridized carbons (Fsp3) is 0.400. The van der Waals surface area contributed by atoms with E-state index in [-0.39, 0.29) is 0 Å². The average molecular weight is 290 g/mol. The maximum Gasteiger partial charge on any atom is 0.323 e. The minimum atomic E-state index is -1.28. The molecule has 112 valence electrons. The molecule has 0 spiro atoms. The lowest BCUT2D eigenvalue weighted by molar-refractivity contribution is -0.143. The minimum Gasteiger partial charge on any atom is -0.480 e. The molecule has 0 aliphatic carbocycles. The minimum absolute atomic E-state index is 0.614.